The van der Waals surface area contributed by atoms with Gasteiger partial charge in [-0.1, -0.05) is 42.5 Å². The van der Waals surface area contributed by atoms with Gasteiger partial charge < -0.3 is 13.9 Å². The fraction of sp³-hybridized carbons (Fsp3) is 0.222. The lowest BCUT2D eigenvalue weighted by molar-refractivity contribution is 0.0959. The molecule has 32 heavy (non-hydrogen) atoms. The predicted molar refractivity (Wildman–Crippen MR) is 125 cm³/mol. The third-order valence-electron chi connectivity index (χ3n) is 6.04. The molecule has 1 aliphatic rings. The number of rotatable bonds is 5. The lowest BCUT2D eigenvalue weighted by atomic mass is 9.97. The van der Waals surface area contributed by atoms with Crippen molar-refractivity contribution in [1.29, 1.82) is 0 Å². The van der Waals surface area contributed by atoms with E-state index in [0.29, 0.717) is 12.3 Å². The SMILES string of the molecule is COc1ccc(CCN2COc3c(cc4c(-c5ccccc5)cc(=O)oc4c3C)C2)cc1. The van der Waals surface area contributed by atoms with Crippen LogP contribution in [0, 0.1) is 6.92 Å². The first kappa shape index (κ1) is 20.3. The molecular formula is C27H25NO4. The zero-order valence-corrected chi connectivity index (χ0v) is 18.3. The monoisotopic (exact) mass is 427 g/mol. The highest BCUT2D eigenvalue weighted by Gasteiger charge is 2.23. The van der Waals surface area contributed by atoms with Crippen molar-refractivity contribution in [3.63, 3.8) is 0 Å². The first-order valence-corrected chi connectivity index (χ1v) is 10.8. The van der Waals surface area contributed by atoms with Gasteiger partial charge >= 0.3 is 5.63 Å². The number of hydrogen-bond donors (Lipinski definition) is 0. The Kier molecular flexibility index (Phi) is 5.41. The Morgan fingerprint density at radius 1 is 1.03 bits per heavy atom. The van der Waals surface area contributed by atoms with Gasteiger partial charge in [0, 0.05) is 35.7 Å². The number of hydrogen-bond acceptors (Lipinski definition) is 5. The molecule has 0 saturated heterocycles. The van der Waals surface area contributed by atoms with Crippen LogP contribution in [0.5, 0.6) is 11.5 Å². The number of nitrogens with zero attached hydrogens (tertiary/aromatic N) is 1. The largest absolute Gasteiger partial charge is 0.497 e. The van der Waals surface area contributed by atoms with Crippen LogP contribution in [-0.2, 0) is 13.0 Å². The molecule has 5 nitrogen and oxygen atoms in total. The van der Waals surface area contributed by atoms with Crippen LogP contribution in [-0.4, -0.2) is 25.3 Å². The molecule has 0 unspecified atom stereocenters. The molecule has 1 aromatic heterocycles. The van der Waals surface area contributed by atoms with Gasteiger partial charge in [-0.3, -0.25) is 4.90 Å². The van der Waals surface area contributed by atoms with E-state index < -0.39 is 0 Å². The highest BCUT2D eigenvalue weighted by molar-refractivity contribution is 5.96. The van der Waals surface area contributed by atoms with Crippen LogP contribution in [0.2, 0.25) is 0 Å². The van der Waals surface area contributed by atoms with Crippen LogP contribution < -0.4 is 15.1 Å². The van der Waals surface area contributed by atoms with E-state index in [2.05, 4.69) is 23.1 Å². The average molecular weight is 428 g/mol. The molecule has 3 aromatic carbocycles. The van der Waals surface area contributed by atoms with Crippen molar-refractivity contribution >= 4 is 11.0 Å². The number of fused-ring (bicyclic) bond motifs is 2. The second-order valence-corrected chi connectivity index (χ2v) is 8.14. The van der Waals surface area contributed by atoms with Gasteiger partial charge in [0.1, 0.15) is 23.8 Å². The van der Waals surface area contributed by atoms with Crippen LogP contribution in [0.25, 0.3) is 22.1 Å². The molecule has 5 heteroatoms. The molecule has 0 fully saturated rings. The van der Waals surface area contributed by atoms with Crippen LogP contribution in [0.4, 0.5) is 0 Å². The van der Waals surface area contributed by atoms with Gasteiger partial charge in [-0.2, -0.15) is 0 Å². The summed E-state index contributed by atoms with van der Waals surface area (Å²) in [7, 11) is 1.68. The van der Waals surface area contributed by atoms with E-state index in [1.807, 2.05) is 49.4 Å². The second-order valence-electron chi connectivity index (χ2n) is 8.14. The Morgan fingerprint density at radius 2 is 1.81 bits per heavy atom. The summed E-state index contributed by atoms with van der Waals surface area (Å²) in [6.07, 6.45) is 0.930. The van der Waals surface area contributed by atoms with Gasteiger partial charge in [0.2, 0.25) is 0 Å². The van der Waals surface area contributed by atoms with Gasteiger partial charge in [0.25, 0.3) is 0 Å². The maximum atomic E-state index is 12.3. The number of benzene rings is 3. The number of ether oxygens (including phenoxy) is 2. The zero-order chi connectivity index (χ0) is 22.1. The van der Waals surface area contributed by atoms with E-state index >= 15 is 0 Å². The molecule has 4 aromatic rings. The summed E-state index contributed by atoms with van der Waals surface area (Å²) in [5, 5.41) is 0.938. The van der Waals surface area contributed by atoms with Gasteiger partial charge in [0.05, 0.1) is 7.11 Å². The van der Waals surface area contributed by atoms with E-state index in [0.717, 1.165) is 58.6 Å². The molecule has 0 saturated carbocycles. The van der Waals surface area contributed by atoms with Gasteiger partial charge in [0.15, 0.2) is 0 Å². The minimum atomic E-state index is -0.351. The molecular weight excluding hydrogens is 402 g/mol. The van der Waals surface area contributed by atoms with Gasteiger partial charge in [-0.15, -0.1) is 0 Å². The Bertz CT molecular complexity index is 1310. The number of methoxy groups -OCH3 is 1. The summed E-state index contributed by atoms with van der Waals surface area (Å²) in [6.45, 7) is 4.15. The first-order valence-electron chi connectivity index (χ1n) is 10.8. The predicted octanol–water partition coefficient (Wildman–Crippen LogP) is 5.17. The maximum absolute atomic E-state index is 12.3. The summed E-state index contributed by atoms with van der Waals surface area (Å²) in [5.41, 5.74) is 5.39. The maximum Gasteiger partial charge on any atom is 0.336 e. The third-order valence-corrected chi connectivity index (χ3v) is 6.04. The molecule has 0 atom stereocenters. The first-order chi connectivity index (χ1) is 15.6. The quantitative estimate of drug-likeness (QED) is 0.411. The van der Waals surface area contributed by atoms with Crippen molar-refractivity contribution in [3.05, 3.63) is 93.8 Å². The van der Waals surface area contributed by atoms with Crippen molar-refractivity contribution in [2.75, 3.05) is 20.4 Å². The highest BCUT2D eigenvalue weighted by atomic mass is 16.5. The smallest absolute Gasteiger partial charge is 0.336 e. The molecule has 0 radical (unpaired) electrons. The lowest BCUT2D eigenvalue weighted by Gasteiger charge is -2.30. The summed E-state index contributed by atoms with van der Waals surface area (Å²) in [5.74, 6) is 1.69. The standard InChI is InChI=1S/C27H25NO4/c1-18-26-21(16-28(17-31-26)13-12-19-8-10-22(30-2)11-9-19)14-24-23(15-25(29)32-27(18)24)20-6-4-3-5-7-20/h3-11,14-15H,12-13,16-17H2,1-2H3. The minimum Gasteiger partial charge on any atom is -0.497 e. The summed E-state index contributed by atoms with van der Waals surface area (Å²) >= 11 is 0. The van der Waals surface area contributed by atoms with Crippen molar-refractivity contribution < 1.29 is 13.9 Å². The van der Waals surface area contributed by atoms with E-state index in [1.54, 1.807) is 13.2 Å². The molecule has 2 heterocycles. The van der Waals surface area contributed by atoms with Crippen molar-refractivity contribution in [2.45, 2.75) is 19.9 Å². The average Bonchev–Trinajstić information content (AvgIpc) is 2.84. The van der Waals surface area contributed by atoms with E-state index in [4.69, 9.17) is 13.9 Å². The Balaban J connectivity index is 1.45. The summed E-state index contributed by atoms with van der Waals surface area (Å²) in [6, 6.07) is 21.8. The minimum absolute atomic E-state index is 0.351. The van der Waals surface area contributed by atoms with Gasteiger partial charge in [-0.25, -0.2) is 4.79 Å². The molecule has 162 valence electrons. The topological polar surface area (TPSA) is 51.9 Å². The van der Waals surface area contributed by atoms with Crippen LogP contribution in [0.3, 0.4) is 0 Å². The molecule has 0 N–H and O–H groups in total. The Morgan fingerprint density at radius 3 is 2.56 bits per heavy atom. The Labute approximate surface area is 186 Å². The Hall–Kier alpha value is -3.57. The second kappa shape index (κ2) is 8.52. The zero-order valence-electron chi connectivity index (χ0n) is 18.3. The molecule has 0 amide bonds. The van der Waals surface area contributed by atoms with E-state index in [9.17, 15) is 4.79 Å². The summed E-state index contributed by atoms with van der Waals surface area (Å²) in [4.78, 5) is 14.6. The molecule has 0 spiro atoms. The fourth-order valence-corrected chi connectivity index (χ4v) is 4.35. The summed E-state index contributed by atoms with van der Waals surface area (Å²) < 4.78 is 17.0. The van der Waals surface area contributed by atoms with Crippen LogP contribution in [0.1, 0.15) is 16.7 Å². The van der Waals surface area contributed by atoms with Crippen molar-refractivity contribution in [2.24, 2.45) is 0 Å². The highest BCUT2D eigenvalue weighted by Crippen LogP contribution is 2.38. The van der Waals surface area contributed by atoms with E-state index in [1.165, 1.54) is 5.56 Å². The van der Waals surface area contributed by atoms with Crippen molar-refractivity contribution in [3.8, 4) is 22.6 Å². The lowest BCUT2D eigenvalue weighted by Crippen LogP contribution is -2.34. The molecule has 5 rings (SSSR count). The molecule has 0 aliphatic carbocycles. The van der Waals surface area contributed by atoms with Crippen LogP contribution >= 0.6 is 0 Å². The molecule has 0 bridgehead atoms. The third kappa shape index (κ3) is 3.87. The van der Waals surface area contributed by atoms with Crippen LogP contribution in [0.15, 0.2) is 75.9 Å². The van der Waals surface area contributed by atoms with Crippen molar-refractivity contribution in [1.82, 2.24) is 4.90 Å². The normalized spacial score (nSPS) is 13.6. The number of aryl methyl sites for hydroxylation is 1. The fourth-order valence-electron chi connectivity index (χ4n) is 4.35. The van der Waals surface area contributed by atoms with E-state index in [-0.39, 0.29) is 5.63 Å². The van der Waals surface area contributed by atoms with Gasteiger partial charge in [-0.05, 0) is 48.2 Å². The molecule has 1 aliphatic heterocycles.